The van der Waals surface area contributed by atoms with Crippen LogP contribution < -0.4 is 16.0 Å². The second-order valence-electron chi connectivity index (χ2n) is 7.83. The number of amides is 3. The van der Waals surface area contributed by atoms with Gasteiger partial charge in [0.1, 0.15) is 6.04 Å². The molecule has 0 spiro atoms. The van der Waals surface area contributed by atoms with E-state index < -0.39 is 6.04 Å². The fourth-order valence-corrected chi connectivity index (χ4v) is 4.26. The number of benzene rings is 1. The molecule has 3 heterocycles. The van der Waals surface area contributed by atoms with E-state index in [1.54, 1.807) is 11.0 Å². The molecule has 1 atom stereocenters. The first-order valence-corrected chi connectivity index (χ1v) is 10.5. The molecule has 2 saturated heterocycles. The number of hydrogen-bond donors (Lipinski definition) is 3. The van der Waals surface area contributed by atoms with E-state index in [-0.39, 0.29) is 24.1 Å². The molecule has 3 amide bonds. The van der Waals surface area contributed by atoms with Crippen molar-refractivity contribution in [2.45, 2.75) is 50.8 Å². The van der Waals surface area contributed by atoms with E-state index in [0.717, 1.165) is 50.1 Å². The second kappa shape index (κ2) is 8.92. The maximum atomic E-state index is 12.8. The molecule has 1 aromatic carbocycles. The normalized spacial score (nSPS) is 22.6. The van der Waals surface area contributed by atoms with Crippen LogP contribution in [-0.2, 0) is 20.9 Å². The standard InChI is InChI=1S/C21H28N4O4/c26-19-6-5-18(20(27)24-19)25-13-16-15(21(25)28)3-1-4-17(16)23-9-2-12-29-14-7-10-22-11-8-14/h1,3-4,14,18,22-23H,2,5-13H2,(H,24,26,27). The van der Waals surface area contributed by atoms with E-state index in [1.807, 2.05) is 12.1 Å². The summed E-state index contributed by atoms with van der Waals surface area (Å²) in [7, 11) is 0. The third-order valence-corrected chi connectivity index (χ3v) is 5.86. The van der Waals surface area contributed by atoms with Crippen molar-refractivity contribution in [3.05, 3.63) is 29.3 Å². The molecule has 29 heavy (non-hydrogen) atoms. The molecule has 3 aliphatic heterocycles. The number of imide groups is 1. The summed E-state index contributed by atoms with van der Waals surface area (Å²) in [6.07, 6.45) is 4.02. The summed E-state index contributed by atoms with van der Waals surface area (Å²) in [5, 5.41) is 9.09. The van der Waals surface area contributed by atoms with Crippen LogP contribution in [0.5, 0.6) is 0 Å². The van der Waals surface area contributed by atoms with E-state index in [1.165, 1.54) is 0 Å². The van der Waals surface area contributed by atoms with Crippen LogP contribution in [-0.4, -0.2) is 61.0 Å². The lowest BCUT2D eigenvalue weighted by atomic mass is 10.0. The lowest BCUT2D eigenvalue weighted by Gasteiger charge is -2.29. The highest BCUT2D eigenvalue weighted by atomic mass is 16.5. The Morgan fingerprint density at radius 3 is 2.76 bits per heavy atom. The molecule has 8 nitrogen and oxygen atoms in total. The number of ether oxygens (including phenoxy) is 1. The van der Waals surface area contributed by atoms with Crippen LogP contribution in [0.1, 0.15) is 48.0 Å². The van der Waals surface area contributed by atoms with Crippen molar-refractivity contribution in [3.8, 4) is 0 Å². The molecule has 0 bridgehead atoms. The summed E-state index contributed by atoms with van der Waals surface area (Å²) >= 11 is 0. The second-order valence-corrected chi connectivity index (χ2v) is 7.83. The molecule has 0 aliphatic carbocycles. The third-order valence-electron chi connectivity index (χ3n) is 5.86. The predicted octanol–water partition coefficient (Wildman–Crippen LogP) is 1.02. The SMILES string of the molecule is O=C1CCC(N2Cc3c(NCCCOC4CCNCC4)cccc3C2=O)C(=O)N1. The summed E-state index contributed by atoms with van der Waals surface area (Å²) in [5.41, 5.74) is 2.47. The Labute approximate surface area is 170 Å². The first-order chi connectivity index (χ1) is 14.1. The molecule has 1 aromatic rings. The summed E-state index contributed by atoms with van der Waals surface area (Å²) in [6, 6.07) is 5.04. The number of carbonyl (C=O) groups is 3. The highest BCUT2D eigenvalue weighted by molar-refractivity contribution is 6.06. The summed E-state index contributed by atoms with van der Waals surface area (Å²) in [6.45, 7) is 3.91. The number of fused-ring (bicyclic) bond motifs is 1. The largest absolute Gasteiger partial charge is 0.385 e. The summed E-state index contributed by atoms with van der Waals surface area (Å²) < 4.78 is 5.93. The first-order valence-electron chi connectivity index (χ1n) is 10.5. The van der Waals surface area contributed by atoms with Crippen molar-refractivity contribution in [3.63, 3.8) is 0 Å². The molecule has 0 aromatic heterocycles. The third kappa shape index (κ3) is 4.43. The van der Waals surface area contributed by atoms with Crippen LogP contribution in [0.15, 0.2) is 18.2 Å². The van der Waals surface area contributed by atoms with Crippen LogP contribution in [0.2, 0.25) is 0 Å². The Morgan fingerprint density at radius 1 is 1.14 bits per heavy atom. The number of nitrogens with zero attached hydrogens (tertiary/aromatic N) is 1. The van der Waals surface area contributed by atoms with Gasteiger partial charge in [-0.05, 0) is 50.9 Å². The zero-order valence-electron chi connectivity index (χ0n) is 16.5. The van der Waals surface area contributed by atoms with Gasteiger partial charge < -0.3 is 20.3 Å². The van der Waals surface area contributed by atoms with E-state index in [2.05, 4.69) is 16.0 Å². The van der Waals surface area contributed by atoms with Crippen molar-refractivity contribution < 1.29 is 19.1 Å². The summed E-state index contributed by atoms with van der Waals surface area (Å²) in [5.74, 6) is -0.802. The van der Waals surface area contributed by atoms with Gasteiger partial charge in [-0.15, -0.1) is 0 Å². The zero-order chi connectivity index (χ0) is 20.2. The van der Waals surface area contributed by atoms with Gasteiger partial charge in [0, 0.05) is 42.9 Å². The van der Waals surface area contributed by atoms with E-state index in [0.29, 0.717) is 31.2 Å². The first kappa shape index (κ1) is 19.8. The molecular formula is C21H28N4O4. The highest BCUT2D eigenvalue weighted by Gasteiger charge is 2.39. The minimum Gasteiger partial charge on any atom is -0.385 e. The minimum absolute atomic E-state index is 0.146. The Balaban J connectivity index is 1.32. The Bertz CT molecular complexity index is 791. The van der Waals surface area contributed by atoms with Gasteiger partial charge in [-0.2, -0.15) is 0 Å². The number of piperidine rings is 2. The average Bonchev–Trinajstić information content (AvgIpc) is 3.06. The number of anilines is 1. The van der Waals surface area contributed by atoms with Gasteiger partial charge in [0.15, 0.2) is 0 Å². The minimum atomic E-state index is -0.584. The van der Waals surface area contributed by atoms with Crippen LogP contribution in [0.4, 0.5) is 5.69 Å². The smallest absolute Gasteiger partial charge is 0.255 e. The average molecular weight is 400 g/mol. The van der Waals surface area contributed by atoms with Gasteiger partial charge in [-0.25, -0.2) is 0 Å². The highest BCUT2D eigenvalue weighted by Crippen LogP contribution is 2.32. The van der Waals surface area contributed by atoms with Crippen molar-refractivity contribution in [1.29, 1.82) is 0 Å². The molecule has 3 N–H and O–H groups in total. The summed E-state index contributed by atoms with van der Waals surface area (Å²) in [4.78, 5) is 38.0. The number of carbonyl (C=O) groups excluding carboxylic acids is 3. The van der Waals surface area contributed by atoms with E-state index in [4.69, 9.17) is 4.74 Å². The number of hydrogen-bond acceptors (Lipinski definition) is 6. The van der Waals surface area contributed by atoms with E-state index >= 15 is 0 Å². The van der Waals surface area contributed by atoms with Gasteiger partial charge in [0.25, 0.3) is 5.91 Å². The van der Waals surface area contributed by atoms with Crippen LogP contribution in [0, 0.1) is 0 Å². The number of rotatable bonds is 7. The monoisotopic (exact) mass is 400 g/mol. The van der Waals surface area contributed by atoms with Crippen LogP contribution >= 0.6 is 0 Å². The van der Waals surface area contributed by atoms with Gasteiger partial charge in [0.2, 0.25) is 11.8 Å². The van der Waals surface area contributed by atoms with Crippen molar-refractivity contribution >= 4 is 23.4 Å². The number of nitrogens with one attached hydrogen (secondary N) is 3. The topological polar surface area (TPSA) is 99.8 Å². The van der Waals surface area contributed by atoms with Gasteiger partial charge in [-0.1, -0.05) is 6.07 Å². The van der Waals surface area contributed by atoms with Crippen molar-refractivity contribution in [2.75, 3.05) is 31.6 Å². The molecule has 0 saturated carbocycles. The van der Waals surface area contributed by atoms with Gasteiger partial charge in [-0.3, -0.25) is 19.7 Å². The van der Waals surface area contributed by atoms with Crippen molar-refractivity contribution in [1.82, 2.24) is 15.5 Å². The molecular weight excluding hydrogens is 372 g/mol. The molecule has 2 fully saturated rings. The molecule has 156 valence electrons. The quantitative estimate of drug-likeness (QED) is 0.467. The van der Waals surface area contributed by atoms with Gasteiger partial charge >= 0.3 is 0 Å². The van der Waals surface area contributed by atoms with Gasteiger partial charge in [0.05, 0.1) is 6.10 Å². The predicted molar refractivity (Wildman–Crippen MR) is 107 cm³/mol. The molecule has 4 rings (SSSR count). The zero-order valence-corrected chi connectivity index (χ0v) is 16.5. The Hall–Kier alpha value is -2.45. The van der Waals surface area contributed by atoms with Crippen LogP contribution in [0.3, 0.4) is 0 Å². The molecule has 3 aliphatic rings. The molecule has 1 unspecified atom stereocenters. The molecule has 8 heteroatoms. The maximum absolute atomic E-state index is 12.8. The fraction of sp³-hybridized carbons (Fsp3) is 0.571. The van der Waals surface area contributed by atoms with Crippen molar-refractivity contribution in [2.24, 2.45) is 0 Å². The van der Waals surface area contributed by atoms with E-state index in [9.17, 15) is 14.4 Å². The Morgan fingerprint density at radius 2 is 1.97 bits per heavy atom. The molecule has 0 radical (unpaired) electrons. The van der Waals surface area contributed by atoms with Crippen LogP contribution in [0.25, 0.3) is 0 Å². The fourth-order valence-electron chi connectivity index (χ4n) is 4.26. The lowest BCUT2D eigenvalue weighted by molar-refractivity contribution is -0.136. The Kier molecular flexibility index (Phi) is 6.10. The maximum Gasteiger partial charge on any atom is 0.255 e. The lowest BCUT2D eigenvalue weighted by Crippen LogP contribution is -2.52.